The summed E-state index contributed by atoms with van der Waals surface area (Å²) in [5, 5.41) is 10.5. The van der Waals surface area contributed by atoms with Crippen molar-refractivity contribution in [3.8, 4) is 0 Å². The predicted octanol–water partition coefficient (Wildman–Crippen LogP) is 6.75. The minimum atomic E-state index is -0.767. The second-order valence-electron chi connectivity index (χ2n) is 13.7. The van der Waals surface area contributed by atoms with E-state index >= 15 is 0 Å². The number of rotatable bonds is 9. The van der Waals surface area contributed by atoms with E-state index in [9.17, 15) is 19.2 Å². The van der Waals surface area contributed by atoms with Crippen LogP contribution in [0, 0.1) is 0 Å². The number of nitrogens with zero attached hydrogens (tertiary/aromatic N) is 1. The molecule has 0 heterocycles. The summed E-state index contributed by atoms with van der Waals surface area (Å²) in [5.74, 6) is -0.256. The monoisotopic (exact) mass is 639 g/mol. The number of aryl methyl sites for hydroxylation is 2. The molecule has 0 aliphatic carbocycles. The Balaban J connectivity index is 1.90. The van der Waals surface area contributed by atoms with Gasteiger partial charge in [0.05, 0.1) is 5.69 Å². The highest BCUT2D eigenvalue weighted by atomic mass is 16.6. The SMILES string of the molecule is CC(C)(C)OC(=O)NCCCC(=O)Nc1ccc(CCc2ccc(N=C(NC(=O)OC(C)(C)C)NC(=O)OC(C)(C)C)cc2)cc1. The molecule has 0 aromatic heterocycles. The summed E-state index contributed by atoms with van der Waals surface area (Å²) in [6, 6.07) is 15.1. The molecular formula is C34H49N5O7. The van der Waals surface area contributed by atoms with Crippen molar-refractivity contribution < 1.29 is 33.4 Å². The van der Waals surface area contributed by atoms with Gasteiger partial charge in [-0.25, -0.2) is 19.4 Å². The minimum Gasteiger partial charge on any atom is -0.444 e. The summed E-state index contributed by atoms with van der Waals surface area (Å²) < 4.78 is 15.8. The van der Waals surface area contributed by atoms with E-state index in [1.807, 2.05) is 36.4 Å². The van der Waals surface area contributed by atoms with Gasteiger partial charge in [-0.3, -0.25) is 15.4 Å². The molecule has 0 unspecified atom stereocenters. The first-order chi connectivity index (χ1) is 21.3. The molecule has 252 valence electrons. The quantitative estimate of drug-likeness (QED) is 0.102. The van der Waals surface area contributed by atoms with E-state index in [-0.39, 0.29) is 18.3 Å². The van der Waals surface area contributed by atoms with Gasteiger partial charge < -0.3 is 24.8 Å². The van der Waals surface area contributed by atoms with Crippen molar-refractivity contribution in [1.82, 2.24) is 16.0 Å². The molecule has 12 heteroatoms. The van der Waals surface area contributed by atoms with E-state index < -0.39 is 35.1 Å². The molecule has 46 heavy (non-hydrogen) atoms. The maximum absolute atomic E-state index is 12.3. The molecule has 2 aromatic carbocycles. The number of hydrogen-bond acceptors (Lipinski definition) is 8. The number of benzene rings is 2. The van der Waals surface area contributed by atoms with Gasteiger partial charge in [0.25, 0.3) is 0 Å². The Morgan fingerprint density at radius 3 is 1.52 bits per heavy atom. The average Bonchev–Trinajstić information content (AvgIpc) is 2.88. The number of carbonyl (C=O) groups excluding carboxylic acids is 4. The van der Waals surface area contributed by atoms with Gasteiger partial charge in [0.2, 0.25) is 11.9 Å². The van der Waals surface area contributed by atoms with Gasteiger partial charge in [0, 0.05) is 18.7 Å². The van der Waals surface area contributed by atoms with Gasteiger partial charge >= 0.3 is 18.3 Å². The van der Waals surface area contributed by atoms with Gasteiger partial charge in [0.1, 0.15) is 16.8 Å². The second kappa shape index (κ2) is 16.6. The summed E-state index contributed by atoms with van der Waals surface area (Å²) in [7, 11) is 0. The molecule has 4 amide bonds. The first-order valence-corrected chi connectivity index (χ1v) is 15.3. The Labute approximate surface area is 272 Å². The fraction of sp³-hybridized carbons (Fsp3) is 0.500. The zero-order valence-corrected chi connectivity index (χ0v) is 28.5. The van der Waals surface area contributed by atoms with Crippen molar-refractivity contribution in [3.63, 3.8) is 0 Å². The minimum absolute atomic E-state index is 0.124. The van der Waals surface area contributed by atoms with Crippen LogP contribution in [0.5, 0.6) is 0 Å². The number of guanidine groups is 1. The maximum atomic E-state index is 12.3. The van der Waals surface area contributed by atoms with Gasteiger partial charge in [-0.15, -0.1) is 0 Å². The van der Waals surface area contributed by atoms with Crippen LogP contribution >= 0.6 is 0 Å². The number of alkyl carbamates (subject to hydrolysis) is 3. The van der Waals surface area contributed by atoms with Gasteiger partial charge in [-0.2, -0.15) is 0 Å². The molecule has 0 radical (unpaired) electrons. The zero-order valence-electron chi connectivity index (χ0n) is 28.5. The normalized spacial score (nSPS) is 11.5. The smallest absolute Gasteiger partial charge is 0.414 e. The third-order valence-corrected chi connectivity index (χ3v) is 5.60. The topological polar surface area (TPSA) is 156 Å². The highest BCUT2D eigenvalue weighted by molar-refractivity contribution is 6.02. The second-order valence-corrected chi connectivity index (χ2v) is 13.7. The Hall–Kier alpha value is -4.61. The molecule has 0 aliphatic heterocycles. The van der Waals surface area contributed by atoms with Crippen molar-refractivity contribution in [1.29, 1.82) is 0 Å². The standard InChI is InChI=1S/C34H49N5O7/c1-32(2,3)44-29(41)35-22-10-11-27(40)36-25-18-14-23(15-19-25)12-13-24-16-20-26(21-17-24)37-28(38-30(42)45-33(4,5)6)39-31(43)46-34(7,8)9/h14-21H,10-13,22H2,1-9H3,(H,35,41)(H,36,40)(H2,37,38,39,42,43). The average molecular weight is 640 g/mol. The van der Waals surface area contributed by atoms with E-state index in [2.05, 4.69) is 26.3 Å². The van der Waals surface area contributed by atoms with Crippen molar-refractivity contribution in [2.75, 3.05) is 11.9 Å². The van der Waals surface area contributed by atoms with Crippen LogP contribution in [0.4, 0.5) is 25.8 Å². The number of aliphatic imine (C=N–C) groups is 1. The van der Waals surface area contributed by atoms with Crippen molar-refractivity contribution in [3.05, 3.63) is 59.7 Å². The van der Waals surface area contributed by atoms with Crippen LogP contribution in [0.3, 0.4) is 0 Å². The lowest BCUT2D eigenvalue weighted by atomic mass is 10.0. The van der Waals surface area contributed by atoms with Crippen LogP contribution in [0.2, 0.25) is 0 Å². The number of hydrogen-bond donors (Lipinski definition) is 4. The molecule has 0 fully saturated rings. The first kappa shape index (κ1) is 37.6. The molecule has 0 saturated carbocycles. The summed E-state index contributed by atoms with van der Waals surface area (Å²) in [6.45, 7) is 16.1. The Morgan fingerprint density at radius 2 is 1.07 bits per heavy atom. The van der Waals surface area contributed by atoms with Crippen LogP contribution in [-0.4, -0.2) is 53.5 Å². The summed E-state index contributed by atoms with van der Waals surface area (Å²) >= 11 is 0. The van der Waals surface area contributed by atoms with E-state index in [0.29, 0.717) is 24.3 Å². The lowest BCUT2D eigenvalue weighted by Gasteiger charge is -2.22. The molecule has 12 nitrogen and oxygen atoms in total. The Morgan fingerprint density at radius 1 is 0.630 bits per heavy atom. The van der Waals surface area contributed by atoms with Crippen molar-refractivity contribution in [2.45, 2.75) is 105 Å². The molecule has 0 saturated heterocycles. The van der Waals surface area contributed by atoms with Crippen LogP contribution in [-0.2, 0) is 31.8 Å². The maximum Gasteiger partial charge on any atom is 0.414 e. The molecule has 0 aliphatic rings. The number of ether oxygens (including phenoxy) is 3. The summed E-state index contributed by atoms with van der Waals surface area (Å²) in [6.07, 6.45) is 0.275. The lowest BCUT2D eigenvalue weighted by molar-refractivity contribution is -0.116. The number of carbonyl (C=O) groups is 4. The third kappa shape index (κ3) is 17.0. The van der Waals surface area contributed by atoms with Gasteiger partial charge in [-0.1, -0.05) is 24.3 Å². The fourth-order valence-corrected chi connectivity index (χ4v) is 3.77. The highest BCUT2D eigenvalue weighted by Gasteiger charge is 2.21. The van der Waals surface area contributed by atoms with Crippen molar-refractivity contribution in [2.24, 2.45) is 4.99 Å². The van der Waals surface area contributed by atoms with Crippen molar-refractivity contribution >= 4 is 41.5 Å². The number of anilines is 1. The van der Waals surface area contributed by atoms with E-state index in [4.69, 9.17) is 14.2 Å². The highest BCUT2D eigenvalue weighted by Crippen LogP contribution is 2.17. The van der Waals surface area contributed by atoms with Gasteiger partial charge in [-0.05, 0) is 117 Å². The molecule has 2 rings (SSSR count). The Bertz CT molecular complexity index is 1320. The van der Waals surface area contributed by atoms with E-state index in [1.54, 1.807) is 74.4 Å². The lowest BCUT2D eigenvalue weighted by Crippen LogP contribution is -2.47. The van der Waals surface area contributed by atoms with Crippen LogP contribution in [0.1, 0.15) is 86.3 Å². The molecule has 0 atom stereocenters. The molecule has 2 aromatic rings. The molecule has 0 spiro atoms. The molecule has 0 bridgehead atoms. The molecule has 4 N–H and O–H groups in total. The van der Waals surface area contributed by atoms with Crippen LogP contribution in [0.25, 0.3) is 0 Å². The number of nitrogens with one attached hydrogen (secondary N) is 4. The first-order valence-electron chi connectivity index (χ1n) is 15.3. The summed E-state index contributed by atoms with van der Waals surface area (Å²) in [5.41, 5.74) is 1.34. The largest absolute Gasteiger partial charge is 0.444 e. The fourth-order valence-electron chi connectivity index (χ4n) is 3.77. The van der Waals surface area contributed by atoms with Crippen LogP contribution in [0.15, 0.2) is 53.5 Å². The third-order valence-electron chi connectivity index (χ3n) is 5.60. The van der Waals surface area contributed by atoms with Gasteiger partial charge in [0.15, 0.2) is 0 Å². The van der Waals surface area contributed by atoms with E-state index in [0.717, 1.165) is 24.0 Å². The van der Waals surface area contributed by atoms with E-state index in [1.165, 1.54) is 0 Å². The Kier molecular flexibility index (Phi) is 13.6. The summed E-state index contributed by atoms with van der Waals surface area (Å²) in [4.78, 5) is 53.0. The molecular weight excluding hydrogens is 590 g/mol. The van der Waals surface area contributed by atoms with Crippen LogP contribution < -0.4 is 21.3 Å². The predicted molar refractivity (Wildman–Crippen MR) is 178 cm³/mol. The zero-order chi connectivity index (χ0) is 34.5. The number of amides is 4.